The zero-order valence-electron chi connectivity index (χ0n) is 18.3. The van der Waals surface area contributed by atoms with E-state index in [1.807, 2.05) is 46.7 Å². The van der Waals surface area contributed by atoms with Gasteiger partial charge in [0.05, 0.1) is 22.5 Å². The second kappa shape index (κ2) is 9.63. The number of rotatable bonds is 6. The van der Waals surface area contributed by atoms with Crippen molar-refractivity contribution in [3.8, 4) is 0 Å². The van der Waals surface area contributed by atoms with E-state index >= 15 is 0 Å². The van der Waals surface area contributed by atoms with Gasteiger partial charge in [0.2, 0.25) is 0 Å². The average molecular weight is 436 g/mol. The third kappa shape index (κ3) is 5.84. The lowest BCUT2D eigenvalue weighted by Crippen LogP contribution is -2.20. The van der Waals surface area contributed by atoms with Crippen LogP contribution in [0.1, 0.15) is 56.4 Å². The van der Waals surface area contributed by atoms with Crippen LogP contribution >= 0.6 is 0 Å². The normalized spacial score (nSPS) is 13.6. The standard InChI is InChI=1S/C21H30FN5O2S/c1-13(2)18-17(22)11-24-19(14(3)4)20(18)25-21(28)26-30(23,29)16-9-7-15(8-10-16)12-27(5)6/h7-11,13-14H,12H2,1-6H3,(H3,23,25,26,28,29). The molecular weight excluding hydrogens is 405 g/mol. The number of carbonyl (C=O) groups is 1. The first-order valence-corrected chi connectivity index (χ1v) is 11.3. The van der Waals surface area contributed by atoms with Crippen molar-refractivity contribution in [3.05, 3.63) is 53.1 Å². The van der Waals surface area contributed by atoms with Crippen molar-refractivity contribution in [1.29, 1.82) is 0 Å². The Morgan fingerprint density at radius 3 is 2.30 bits per heavy atom. The van der Waals surface area contributed by atoms with Crippen molar-refractivity contribution in [2.45, 2.75) is 51.0 Å². The van der Waals surface area contributed by atoms with Crippen molar-refractivity contribution < 1.29 is 13.4 Å². The lowest BCUT2D eigenvalue weighted by molar-refractivity contribution is 0.260. The van der Waals surface area contributed by atoms with Crippen LogP contribution in [0.5, 0.6) is 0 Å². The summed E-state index contributed by atoms with van der Waals surface area (Å²) in [6.07, 6.45) is 1.15. The Labute approximate surface area is 178 Å². The number of anilines is 1. The van der Waals surface area contributed by atoms with Gasteiger partial charge >= 0.3 is 6.03 Å². The predicted molar refractivity (Wildman–Crippen MR) is 118 cm³/mol. The quantitative estimate of drug-likeness (QED) is 0.699. The van der Waals surface area contributed by atoms with E-state index in [1.165, 1.54) is 0 Å². The second-order valence-electron chi connectivity index (χ2n) is 8.06. The molecule has 0 spiro atoms. The number of carbonyl (C=O) groups excluding carboxylic acids is 1. The highest BCUT2D eigenvalue weighted by Crippen LogP contribution is 2.33. The number of amides is 2. The maximum atomic E-state index is 14.4. The molecule has 2 aromatic rings. The summed E-state index contributed by atoms with van der Waals surface area (Å²) in [5.41, 5.74) is 2.12. The number of halogens is 1. The molecule has 164 valence electrons. The molecule has 1 aromatic heterocycles. The van der Waals surface area contributed by atoms with E-state index in [0.717, 1.165) is 11.8 Å². The van der Waals surface area contributed by atoms with Crippen LogP contribution in [0.4, 0.5) is 14.9 Å². The highest BCUT2D eigenvalue weighted by atomic mass is 32.2. The fourth-order valence-electron chi connectivity index (χ4n) is 3.11. The van der Waals surface area contributed by atoms with Crippen molar-refractivity contribution >= 4 is 21.6 Å². The molecule has 0 aliphatic carbocycles. The van der Waals surface area contributed by atoms with Crippen LogP contribution in [-0.2, 0) is 16.5 Å². The Morgan fingerprint density at radius 2 is 1.80 bits per heavy atom. The van der Waals surface area contributed by atoms with Gasteiger partial charge in [-0.3, -0.25) is 4.98 Å². The molecule has 0 aliphatic rings. The molecule has 30 heavy (non-hydrogen) atoms. The van der Waals surface area contributed by atoms with Crippen LogP contribution in [0.15, 0.2) is 39.7 Å². The summed E-state index contributed by atoms with van der Waals surface area (Å²) in [5, 5.41) is 8.44. The van der Waals surface area contributed by atoms with E-state index in [-0.39, 0.29) is 22.4 Å². The highest BCUT2D eigenvalue weighted by Gasteiger charge is 2.22. The van der Waals surface area contributed by atoms with Crippen molar-refractivity contribution in [2.24, 2.45) is 9.50 Å². The minimum Gasteiger partial charge on any atom is -0.305 e. The van der Waals surface area contributed by atoms with Gasteiger partial charge < -0.3 is 10.2 Å². The molecule has 1 aromatic carbocycles. The molecule has 9 heteroatoms. The molecule has 3 N–H and O–H groups in total. The summed E-state index contributed by atoms with van der Waals surface area (Å²) >= 11 is 0. The minimum atomic E-state index is -3.47. The van der Waals surface area contributed by atoms with Crippen LogP contribution < -0.4 is 10.5 Å². The monoisotopic (exact) mass is 435 g/mol. The highest BCUT2D eigenvalue weighted by molar-refractivity contribution is 7.91. The van der Waals surface area contributed by atoms with Gasteiger partial charge in [-0.25, -0.2) is 18.5 Å². The molecule has 0 saturated carbocycles. The van der Waals surface area contributed by atoms with Crippen molar-refractivity contribution in [1.82, 2.24) is 9.88 Å². The smallest absolute Gasteiger partial charge is 0.305 e. The van der Waals surface area contributed by atoms with Gasteiger partial charge in [-0.2, -0.15) is 0 Å². The summed E-state index contributed by atoms with van der Waals surface area (Å²) < 4.78 is 31.0. The third-order valence-electron chi connectivity index (χ3n) is 4.43. The summed E-state index contributed by atoms with van der Waals surface area (Å²) in [4.78, 5) is 18.9. The molecule has 0 saturated heterocycles. The number of hydrogen-bond acceptors (Lipinski definition) is 4. The summed E-state index contributed by atoms with van der Waals surface area (Å²) in [6.45, 7) is 8.12. The van der Waals surface area contributed by atoms with Gasteiger partial charge in [0, 0.05) is 12.1 Å². The molecule has 2 rings (SSSR count). The van der Waals surface area contributed by atoms with Gasteiger partial charge in [0.1, 0.15) is 15.7 Å². The molecule has 0 radical (unpaired) electrons. The SMILES string of the molecule is CC(C)c1ncc(F)c(C(C)C)c1NC(=O)N=S(N)(=O)c1ccc(CN(C)C)cc1. The van der Waals surface area contributed by atoms with E-state index in [4.69, 9.17) is 5.14 Å². The third-order valence-corrected chi connectivity index (χ3v) is 5.82. The molecule has 2 amide bonds. The summed E-state index contributed by atoms with van der Waals surface area (Å²) in [7, 11) is 0.418. The van der Waals surface area contributed by atoms with E-state index in [9.17, 15) is 13.4 Å². The molecule has 0 aliphatic heterocycles. The first-order valence-electron chi connectivity index (χ1n) is 9.70. The fraction of sp³-hybridized carbons (Fsp3) is 0.429. The van der Waals surface area contributed by atoms with Crippen molar-refractivity contribution in [3.63, 3.8) is 0 Å². The van der Waals surface area contributed by atoms with Crippen LogP contribution in [0.25, 0.3) is 0 Å². The molecular formula is C21H30FN5O2S. The summed E-state index contributed by atoms with van der Waals surface area (Å²) in [6, 6.07) is 5.87. The maximum Gasteiger partial charge on any atom is 0.354 e. The largest absolute Gasteiger partial charge is 0.354 e. The number of nitrogens with two attached hydrogens (primary N) is 1. The first kappa shape index (κ1) is 23.9. The topological polar surface area (TPSA) is 101 Å². The van der Waals surface area contributed by atoms with Crippen molar-refractivity contribution in [2.75, 3.05) is 19.4 Å². The fourth-order valence-corrected chi connectivity index (χ4v) is 4.04. The zero-order chi connectivity index (χ0) is 22.6. The van der Waals surface area contributed by atoms with Gasteiger partial charge in [-0.1, -0.05) is 39.8 Å². The maximum absolute atomic E-state index is 14.4. The van der Waals surface area contributed by atoms with Gasteiger partial charge in [-0.15, -0.1) is 4.36 Å². The van der Waals surface area contributed by atoms with Crippen LogP contribution in [0, 0.1) is 5.82 Å². The minimum absolute atomic E-state index is 0.0649. The van der Waals surface area contributed by atoms with E-state index < -0.39 is 21.8 Å². The number of urea groups is 1. The molecule has 1 atom stereocenters. The molecule has 7 nitrogen and oxygen atoms in total. The Kier molecular flexibility index (Phi) is 7.68. The van der Waals surface area contributed by atoms with Gasteiger partial charge in [-0.05, 0) is 43.6 Å². The summed E-state index contributed by atoms with van der Waals surface area (Å²) in [5.74, 6) is -0.785. The average Bonchev–Trinajstić information content (AvgIpc) is 2.60. The zero-order valence-corrected chi connectivity index (χ0v) is 19.1. The number of nitrogens with one attached hydrogen (secondary N) is 1. The van der Waals surface area contributed by atoms with E-state index in [2.05, 4.69) is 14.7 Å². The number of pyridine rings is 1. The predicted octanol–water partition coefficient (Wildman–Crippen LogP) is 4.46. The number of benzene rings is 1. The second-order valence-corrected chi connectivity index (χ2v) is 9.85. The number of nitrogens with zero attached hydrogens (tertiary/aromatic N) is 3. The lowest BCUT2D eigenvalue weighted by atomic mass is 9.96. The Hall–Kier alpha value is -2.36. The Balaban J connectivity index is 2.39. The Bertz CT molecular complexity index is 1030. The van der Waals surface area contributed by atoms with Crippen LogP contribution in [0.3, 0.4) is 0 Å². The van der Waals surface area contributed by atoms with Crippen LogP contribution in [0.2, 0.25) is 0 Å². The Morgan fingerprint density at radius 1 is 1.20 bits per heavy atom. The lowest BCUT2D eigenvalue weighted by Gasteiger charge is -2.19. The number of hydrogen-bond donors (Lipinski definition) is 2. The molecule has 1 unspecified atom stereocenters. The molecule has 0 bridgehead atoms. The molecule has 0 fully saturated rings. The van der Waals surface area contributed by atoms with Gasteiger partial charge in [0.25, 0.3) is 0 Å². The van der Waals surface area contributed by atoms with E-state index in [1.54, 1.807) is 24.3 Å². The van der Waals surface area contributed by atoms with Crippen LogP contribution in [-0.4, -0.2) is 34.2 Å². The number of aromatic nitrogens is 1. The molecule has 1 heterocycles. The van der Waals surface area contributed by atoms with Gasteiger partial charge in [0.15, 0.2) is 0 Å². The first-order chi connectivity index (χ1) is 13.9. The van der Waals surface area contributed by atoms with E-state index in [0.29, 0.717) is 17.8 Å².